The second-order valence-corrected chi connectivity index (χ2v) is 15.3. The number of hydrogen-bond donors (Lipinski definition) is 1. The molecule has 2 bridgehead atoms. The van der Waals surface area contributed by atoms with E-state index < -0.39 is 0 Å². The molecule has 1 saturated heterocycles. The highest BCUT2D eigenvalue weighted by Crippen LogP contribution is 2.68. The summed E-state index contributed by atoms with van der Waals surface area (Å²) in [6.45, 7) is 0.360. The van der Waals surface area contributed by atoms with Crippen molar-refractivity contribution in [3.63, 3.8) is 0 Å². The number of methoxy groups -OCH3 is 1. The molecule has 4 aromatic rings. The fourth-order valence-corrected chi connectivity index (χ4v) is 11.3. The molecule has 1 N–H and O–H groups in total. The number of benzene rings is 3. The Morgan fingerprint density at radius 1 is 0.955 bits per heavy atom. The van der Waals surface area contributed by atoms with Crippen LogP contribution < -0.4 is 19.2 Å². The number of fused-ring (bicyclic) bond motifs is 9. The molecule has 8 rings (SSSR count). The van der Waals surface area contributed by atoms with Gasteiger partial charge in [-0.05, 0) is 83.8 Å². The molecule has 44 heavy (non-hydrogen) atoms. The van der Waals surface area contributed by atoms with Gasteiger partial charge in [-0.15, -0.1) is 11.8 Å². The van der Waals surface area contributed by atoms with E-state index in [0.717, 1.165) is 31.9 Å². The van der Waals surface area contributed by atoms with Crippen molar-refractivity contribution >= 4 is 68.1 Å². The second-order valence-electron chi connectivity index (χ2n) is 11.8. The number of carbonyl (C=O) groups excluding carboxylic acids is 2. The number of thioether (sulfide) groups is 1. The van der Waals surface area contributed by atoms with Crippen LogP contribution in [0.2, 0.25) is 5.02 Å². The zero-order valence-corrected chi connectivity index (χ0v) is 27.3. The molecule has 3 aromatic carbocycles. The van der Waals surface area contributed by atoms with Crippen LogP contribution in [0.5, 0.6) is 11.5 Å². The Kier molecular flexibility index (Phi) is 6.97. The number of nitrogens with one attached hydrogen (secondary N) is 1. The van der Waals surface area contributed by atoms with Crippen molar-refractivity contribution in [2.75, 3.05) is 12.0 Å². The van der Waals surface area contributed by atoms with Crippen molar-refractivity contribution < 1.29 is 19.1 Å². The number of aromatic nitrogens is 1. The summed E-state index contributed by atoms with van der Waals surface area (Å²) in [4.78, 5) is 45.8. The molecule has 2 aliphatic heterocycles. The number of hydrogen-bond acceptors (Lipinski definition) is 7. The van der Waals surface area contributed by atoms with Crippen LogP contribution in [-0.4, -0.2) is 29.2 Å². The number of nitrogens with zero attached hydrogens (tertiary/aromatic N) is 1. The molecule has 1 aromatic heterocycles. The lowest BCUT2D eigenvalue weighted by atomic mass is 9.68. The van der Waals surface area contributed by atoms with Gasteiger partial charge in [0.05, 0.1) is 29.7 Å². The number of imide groups is 1. The Bertz CT molecular complexity index is 1860. The van der Waals surface area contributed by atoms with E-state index in [1.165, 1.54) is 16.2 Å². The third-order valence-electron chi connectivity index (χ3n) is 9.66. The van der Waals surface area contributed by atoms with Crippen molar-refractivity contribution in [2.45, 2.75) is 29.2 Å². The Balaban J connectivity index is 1.14. The van der Waals surface area contributed by atoms with Crippen molar-refractivity contribution in [1.29, 1.82) is 0 Å². The maximum atomic E-state index is 14.0. The van der Waals surface area contributed by atoms with E-state index in [9.17, 15) is 14.4 Å². The minimum Gasteiger partial charge on any atom is -0.493 e. The Morgan fingerprint density at radius 3 is 2.41 bits per heavy atom. The fraction of sp³-hybridized carbons (Fsp3) is 0.303. The minimum atomic E-state index is -0.360. The number of H-pyrrole nitrogens is 1. The number of anilines is 1. The average molecular weight is 710 g/mol. The molecular weight excluding hydrogens is 684 g/mol. The summed E-state index contributed by atoms with van der Waals surface area (Å²) in [5.41, 5.74) is 2.61. The van der Waals surface area contributed by atoms with Crippen molar-refractivity contribution in [3.05, 3.63) is 102 Å². The Hall–Kier alpha value is -3.05. The lowest BCUT2D eigenvalue weighted by Gasteiger charge is -2.43. The molecule has 3 heterocycles. The first-order valence-electron chi connectivity index (χ1n) is 14.4. The SMILES string of the molecule is COc1cc(C2c3sc(=O)[nH]c3SC3C2[C@H]2C[C@@H]3C3C(=O)N(c4ccc(Br)cc4)C(=O)C32)ccc1OCc1ccc(Cl)cc1. The molecule has 11 heteroatoms. The average Bonchev–Trinajstić information content (AvgIpc) is 3.76. The van der Waals surface area contributed by atoms with Gasteiger partial charge in [0.25, 0.3) is 0 Å². The normalized spacial score (nSPS) is 28.2. The second kappa shape index (κ2) is 10.8. The molecule has 2 amide bonds. The van der Waals surface area contributed by atoms with Gasteiger partial charge in [0.1, 0.15) is 6.61 Å². The van der Waals surface area contributed by atoms with Crippen molar-refractivity contribution in [3.8, 4) is 11.5 Å². The zero-order valence-electron chi connectivity index (χ0n) is 23.4. The molecule has 5 unspecified atom stereocenters. The third-order valence-corrected chi connectivity index (χ3v) is 13.0. The number of thiazole rings is 1. The van der Waals surface area contributed by atoms with Crippen LogP contribution in [0.1, 0.15) is 28.3 Å². The molecule has 7 atom stereocenters. The molecule has 0 spiro atoms. The lowest BCUT2D eigenvalue weighted by molar-refractivity contribution is -0.123. The van der Waals surface area contributed by atoms with Gasteiger partial charge in [0.15, 0.2) is 11.5 Å². The van der Waals surface area contributed by atoms with Crippen LogP contribution >= 0.6 is 50.6 Å². The zero-order chi connectivity index (χ0) is 30.3. The summed E-state index contributed by atoms with van der Waals surface area (Å²) >= 11 is 12.4. The van der Waals surface area contributed by atoms with Crippen LogP contribution in [-0.2, 0) is 16.2 Å². The van der Waals surface area contributed by atoms with Gasteiger partial charge in [0.2, 0.25) is 11.8 Å². The summed E-state index contributed by atoms with van der Waals surface area (Å²) in [7, 11) is 1.62. The van der Waals surface area contributed by atoms with E-state index >= 15 is 0 Å². The molecule has 0 radical (unpaired) electrons. The molecular formula is C33H26BrClN2O5S2. The van der Waals surface area contributed by atoms with E-state index in [0.29, 0.717) is 28.8 Å². The van der Waals surface area contributed by atoms with Crippen LogP contribution in [0.25, 0.3) is 0 Å². The fourth-order valence-electron chi connectivity index (χ4n) is 7.97. The van der Waals surface area contributed by atoms with Crippen LogP contribution in [0.4, 0.5) is 5.69 Å². The van der Waals surface area contributed by atoms with E-state index in [1.807, 2.05) is 66.7 Å². The van der Waals surface area contributed by atoms with Crippen molar-refractivity contribution in [2.24, 2.45) is 29.6 Å². The maximum Gasteiger partial charge on any atom is 0.305 e. The van der Waals surface area contributed by atoms with Gasteiger partial charge in [-0.2, -0.15) is 0 Å². The predicted octanol–water partition coefficient (Wildman–Crippen LogP) is 7.12. The number of amides is 2. The lowest BCUT2D eigenvalue weighted by Crippen LogP contribution is -2.42. The Morgan fingerprint density at radius 2 is 1.68 bits per heavy atom. The van der Waals surface area contributed by atoms with Gasteiger partial charge in [-0.3, -0.25) is 19.3 Å². The van der Waals surface area contributed by atoms with Gasteiger partial charge in [-0.25, -0.2) is 0 Å². The van der Waals surface area contributed by atoms with Gasteiger partial charge in [-0.1, -0.05) is 57.1 Å². The number of ether oxygens (including phenoxy) is 2. The summed E-state index contributed by atoms with van der Waals surface area (Å²) < 4.78 is 12.8. The van der Waals surface area contributed by atoms with Crippen LogP contribution in [0.15, 0.2) is 81.0 Å². The summed E-state index contributed by atoms with van der Waals surface area (Å²) in [6, 6.07) is 20.8. The quantitative estimate of drug-likeness (QED) is 0.215. The first-order chi connectivity index (χ1) is 21.3. The largest absolute Gasteiger partial charge is 0.493 e. The molecule has 4 aliphatic rings. The van der Waals surface area contributed by atoms with Gasteiger partial charge in [0, 0.05) is 25.5 Å². The predicted molar refractivity (Wildman–Crippen MR) is 174 cm³/mol. The van der Waals surface area contributed by atoms with Gasteiger partial charge < -0.3 is 14.5 Å². The van der Waals surface area contributed by atoms with E-state index in [-0.39, 0.29) is 57.4 Å². The number of aromatic amines is 1. The molecule has 7 nitrogen and oxygen atoms in total. The first kappa shape index (κ1) is 28.4. The van der Waals surface area contributed by atoms with E-state index in [1.54, 1.807) is 18.9 Å². The highest BCUT2D eigenvalue weighted by molar-refractivity contribution is 9.10. The monoisotopic (exact) mass is 708 g/mol. The maximum absolute atomic E-state index is 14.0. The third kappa shape index (κ3) is 4.40. The molecule has 2 saturated carbocycles. The highest BCUT2D eigenvalue weighted by atomic mass is 79.9. The molecule has 2 aliphatic carbocycles. The number of halogens is 2. The Labute approximate surface area is 275 Å². The standard InChI is InChI=1S/C33H26BrClN2O5S2/c1-41-23-12-16(4-11-22(23)42-14-15-2-7-18(35)8-3-15)24-25-20-13-21(28(25)43-30-29(24)44-33(40)36-30)27-26(20)31(38)37(32(27)39)19-9-5-17(34)6-10-19/h2-12,20-21,24-28H,13-14H2,1H3,(H,36,40)/t20-,21-,24?,25?,26?,27?,28?/m1/s1. The first-order valence-corrected chi connectivity index (χ1v) is 17.3. The van der Waals surface area contributed by atoms with Crippen LogP contribution in [0.3, 0.4) is 0 Å². The molecule has 224 valence electrons. The summed E-state index contributed by atoms with van der Waals surface area (Å²) in [5.74, 6) is 0.388. The topological polar surface area (TPSA) is 88.7 Å². The summed E-state index contributed by atoms with van der Waals surface area (Å²) in [6.07, 6.45) is 0.832. The highest BCUT2D eigenvalue weighted by Gasteiger charge is 2.69. The minimum absolute atomic E-state index is 0.0292. The van der Waals surface area contributed by atoms with E-state index in [4.69, 9.17) is 21.1 Å². The van der Waals surface area contributed by atoms with Gasteiger partial charge >= 0.3 is 4.87 Å². The van der Waals surface area contributed by atoms with E-state index in [2.05, 4.69) is 20.9 Å². The summed E-state index contributed by atoms with van der Waals surface area (Å²) in [5, 5.41) is 1.65. The number of carbonyl (C=O) groups is 2. The smallest absolute Gasteiger partial charge is 0.305 e. The van der Waals surface area contributed by atoms with Crippen molar-refractivity contribution in [1.82, 2.24) is 4.98 Å². The molecule has 3 fully saturated rings. The van der Waals surface area contributed by atoms with Crippen LogP contribution in [0, 0.1) is 29.6 Å². The number of rotatable bonds is 6.